The molecule has 0 atom stereocenters. The first-order valence-corrected chi connectivity index (χ1v) is 5.87. The number of anilines is 1. The largest absolute Gasteiger partial charge is 0.378 e. The molecule has 92 valence electrons. The third-order valence-corrected chi connectivity index (χ3v) is 2.76. The summed E-state index contributed by atoms with van der Waals surface area (Å²) in [5, 5.41) is 0. The van der Waals surface area contributed by atoms with Crippen LogP contribution in [0.5, 0.6) is 0 Å². The van der Waals surface area contributed by atoms with Gasteiger partial charge in [0.15, 0.2) is 0 Å². The van der Waals surface area contributed by atoms with Crippen LogP contribution in [0.2, 0.25) is 0 Å². The third-order valence-electron chi connectivity index (χ3n) is 2.76. The summed E-state index contributed by atoms with van der Waals surface area (Å²) in [5.41, 5.74) is 2.53. The molecule has 18 heavy (non-hydrogen) atoms. The molecular weight excluding hydrogens is 225 g/mol. The van der Waals surface area contributed by atoms with Crippen LogP contribution in [0, 0.1) is 5.82 Å². The molecule has 0 aliphatic carbocycles. The lowest BCUT2D eigenvalue weighted by molar-refractivity contribution is 0.625. The van der Waals surface area contributed by atoms with Gasteiger partial charge in [-0.05, 0) is 23.8 Å². The van der Waals surface area contributed by atoms with E-state index in [9.17, 15) is 4.39 Å². The van der Waals surface area contributed by atoms with Crippen LogP contribution in [-0.2, 0) is 0 Å². The Labute approximate surface area is 107 Å². The summed E-state index contributed by atoms with van der Waals surface area (Å²) >= 11 is 0. The second kappa shape index (κ2) is 5.50. The maximum atomic E-state index is 13.8. The molecule has 0 N–H and O–H groups in total. The molecule has 0 saturated carbocycles. The first kappa shape index (κ1) is 12.4. The highest BCUT2D eigenvalue weighted by Gasteiger charge is 2.01. The zero-order valence-corrected chi connectivity index (χ0v) is 10.6. The first-order chi connectivity index (χ1) is 8.66. The molecule has 0 aliphatic rings. The summed E-state index contributed by atoms with van der Waals surface area (Å²) in [7, 11) is 3.79. The second-order valence-electron chi connectivity index (χ2n) is 4.34. The average Bonchev–Trinajstić information content (AvgIpc) is 2.38. The summed E-state index contributed by atoms with van der Waals surface area (Å²) < 4.78 is 13.8. The fourth-order valence-corrected chi connectivity index (χ4v) is 1.68. The van der Waals surface area contributed by atoms with Gasteiger partial charge in [0.2, 0.25) is 0 Å². The van der Waals surface area contributed by atoms with Crippen LogP contribution in [0.4, 0.5) is 10.1 Å². The standard InChI is InChI=1S/C16H16FN/c1-18(2)15-11-10-14(16(17)12-15)9-8-13-6-4-3-5-7-13/h3-12H,1-2H3/b9-8+. The number of rotatable bonds is 3. The van der Waals surface area contributed by atoms with Crippen LogP contribution in [0.1, 0.15) is 11.1 Å². The number of hydrogen-bond donors (Lipinski definition) is 0. The van der Waals surface area contributed by atoms with Gasteiger partial charge in [-0.15, -0.1) is 0 Å². The zero-order chi connectivity index (χ0) is 13.0. The highest BCUT2D eigenvalue weighted by atomic mass is 19.1. The van der Waals surface area contributed by atoms with Crippen molar-refractivity contribution < 1.29 is 4.39 Å². The summed E-state index contributed by atoms with van der Waals surface area (Å²) in [4.78, 5) is 1.88. The van der Waals surface area contributed by atoms with Crippen LogP contribution in [-0.4, -0.2) is 14.1 Å². The Hall–Kier alpha value is -2.09. The van der Waals surface area contributed by atoms with Gasteiger partial charge in [0.1, 0.15) is 5.82 Å². The molecule has 0 amide bonds. The van der Waals surface area contributed by atoms with E-state index in [0.717, 1.165) is 11.3 Å². The lowest BCUT2D eigenvalue weighted by Crippen LogP contribution is -2.08. The molecule has 1 nitrogen and oxygen atoms in total. The van der Waals surface area contributed by atoms with E-state index < -0.39 is 0 Å². The van der Waals surface area contributed by atoms with Crippen molar-refractivity contribution in [2.75, 3.05) is 19.0 Å². The van der Waals surface area contributed by atoms with Crippen molar-refractivity contribution in [3.8, 4) is 0 Å². The molecule has 0 unspecified atom stereocenters. The van der Waals surface area contributed by atoms with Gasteiger partial charge in [0.05, 0.1) is 0 Å². The normalized spacial score (nSPS) is 10.8. The molecule has 0 aromatic heterocycles. The van der Waals surface area contributed by atoms with E-state index in [4.69, 9.17) is 0 Å². The topological polar surface area (TPSA) is 3.24 Å². The second-order valence-corrected chi connectivity index (χ2v) is 4.34. The van der Waals surface area contributed by atoms with Crippen LogP contribution in [0.25, 0.3) is 12.2 Å². The summed E-state index contributed by atoms with van der Waals surface area (Å²) in [6, 6.07) is 15.1. The van der Waals surface area contributed by atoms with Crippen molar-refractivity contribution in [1.82, 2.24) is 0 Å². The number of benzene rings is 2. The van der Waals surface area contributed by atoms with E-state index in [1.165, 1.54) is 0 Å². The fraction of sp³-hybridized carbons (Fsp3) is 0.125. The van der Waals surface area contributed by atoms with Gasteiger partial charge < -0.3 is 4.90 Å². The molecule has 0 fully saturated rings. The minimum absolute atomic E-state index is 0.201. The Kier molecular flexibility index (Phi) is 3.78. The van der Waals surface area contributed by atoms with Gasteiger partial charge in [-0.25, -0.2) is 4.39 Å². The van der Waals surface area contributed by atoms with Gasteiger partial charge >= 0.3 is 0 Å². The van der Waals surface area contributed by atoms with Crippen LogP contribution in [0.15, 0.2) is 48.5 Å². The molecule has 2 rings (SSSR count). The predicted octanol–water partition coefficient (Wildman–Crippen LogP) is 4.06. The Morgan fingerprint density at radius 1 is 0.944 bits per heavy atom. The van der Waals surface area contributed by atoms with Crippen molar-refractivity contribution in [1.29, 1.82) is 0 Å². The Bertz CT molecular complexity index is 544. The van der Waals surface area contributed by atoms with E-state index in [-0.39, 0.29) is 5.82 Å². The molecule has 0 spiro atoms. The highest BCUT2D eigenvalue weighted by Crippen LogP contribution is 2.18. The van der Waals surface area contributed by atoms with E-state index in [1.54, 1.807) is 18.2 Å². The molecule has 2 aromatic carbocycles. The molecule has 0 bridgehead atoms. The summed E-state index contributed by atoms with van der Waals surface area (Å²) in [5.74, 6) is -0.201. The number of halogens is 1. The molecule has 0 saturated heterocycles. The zero-order valence-electron chi connectivity index (χ0n) is 10.6. The lowest BCUT2D eigenvalue weighted by atomic mass is 10.1. The minimum Gasteiger partial charge on any atom is -0.378 e. The van der Waals surface area contributed by atoms with Crippen molar-refractivity contribution in [3.63, 3.8) is 0 Å². The summed E-state index contributed by atoms with van der Waals surface area (Å²) in [6.45, 7) is 0. The van der Waals surface area contributed by atoms with Crippen molar-refractivity contribution in [3.05, 3.63) is 65.5 Å². The average molecular weight is 241 g/mol. The van der Waals surface area contributed by atoms with E-state index in [1.807, 2.05) is 61.5 Å². The Morgan fingerprint density at radius 3 is 2.28 bits per heavy atom. The number of hydrogen-bond acceptors (Lipinski definition) is 1. The van der Waals surface area contributed by atoms with Gasteiger partial charge in [0.25, 0.3) is 0 Å². The van der Waals surface area contributed by atoms with Gasteiger partial charge in [0, 0.05) is 25.3 Å². The molecule has 2 aromatic rings. The van der Waals surface area contributed by atoms with Gasteiger partial charge in [-0.3, -0.25) is 0 Å². The SMILES string of the molecule is CN(C)c1ccc(/C=C/c2ccccc2)c(F)c1. The maximum Gasteiger partial charge on any atom is 0.132 e. The molecule has 0 aliphatic heterocycles. The fourth-order valence-electron chi connectivity index (χ4n) is 1.68. The molecular formula is C16H16FN. The lowest BCUT2D eigenvalue weighted by Gasteiger charge is -2.12. The van der Waals surface area contributed by atoms with E-state index in [0.29, 0.717) is 5.56 Å². The Morgan fingerprint density at radius 2 is 1.67 bits per heavy atom. The van der Waals surface area contributed by atoms with Crippen LogP contribution >= 0.6 is 0 Å². The van der Waals surface area contributed by atoms with Crippen LogP contribution < -0.4 is 4.90 Å². The molecule has 0 radical (unpaired) electrons. The third kappa shape index (κ3) is 2.98. The highest BCUT2D eigenvalue weighted by molar-refractivity contribution is 5.70. The molecule has 2 heteroatoms. The monoisotopic (exact) mass is 241 g/mol. The van der Waals surface area contributed by atoms with E-state index >= 15 is 0 Å². The first-order valence-electron chi connectivity index (χ1n) is 5.87. The van der Waals surface area contributed by atoms with Crippen molar-refractivity contribution >= 4 is 17.8 Å². The van der Waals surface area contributed by atoms with Gasteiger partial charge in [-0.2, -0.15) is 0 Å². The summed E-state index contributed by atoms with van der Waals surface area (Å²) in [6.07, 6.45) is 3.71. The molecule has 0 heterocycles. The van der Waals surface area contributed by atoms with Gasteiger partial charge in [-0.1, -0.05) is 42.5 Å². The predicted molar refractivity (Wildman–Crippen MR) is 76.1 cm³/mol. The maximum absolute atomic E-state index is 13.8. The minimum atomic E-state index is -0.201. The van der Waals surface area contributed by atoms with Crippen molar-refractivity contribution in [2.24, 2.45) is 0 Å². The van der Waals surface area contributed by atoms with Crippen LogP contribution in [0.3, 0.4) is 0 Å². The Balaban J connectivity index is 2.22. The van der Waals surface area contributed by atoms with E-state index in [2.05, 4.69) is 0 Å². The smallest absolute Gasteiger partial charge is 0.132 e. The number of nitrogens with zero attached hydrogens (tertiary/aromatic N) is 1. The quantitative estimate of drug-likeness (QED) is 0.732. The van der Waals surface area contributed by atoms with Crippen molar-refractivity contribution in [2.45, 2.75) is 0 Å².